The van der Waals surface area contributed by atoms with E-state index in [1.54, 1.807) is 22.8 Å². The summed E-state index contributed by atoms with van der Waals surface area (Å²) < 4.78 is 1.77. The number of hydrogen-bond donors (Lipinski definition) is 2. The van der Waals surface area contributed by atoms with Gasteiger partial charge in [-0.15, -0.1) is 0 Å². The van der Waals surface area contributed by atoms with Crippen molar-refractivity contribution in [3.8, 4) is 0 Å². The number of amides is 2. The fourth-order valence-electron chi connectivity index (χ4n) is 3.82. The molecular weight excluding hydrogens is 318 g/mol. The van der Waals surface area contributed by atoms with E-state index >= 15 is 0 Å². The molecule has 7 nitrogen and oxygen atoms in total. The SMILES string of the molecule is CN1C(=O)CC[C@@H](NC(=O)c2[nH]ccc2C2CC2)[C@@H]1c1ccnn1C. The van der Waals surface area contributed by atoms with E-state index in [-0.39, 0.29) is 23.9 Å². The second-order valence-electron chi connectivity index (χ2n) is 7.03. The molecule has 0 unspecified atom stereocenters. The first-order valence-electron chi connectivity index (χ1n) is 8.78. The average molecular weight is 341 g/mol. The molecule has 2 atom stereocenters. The van der Waals surface area contributed by atoms with E-state index in [4.69, 9.17) is 0 Å². The van der Waals surface area contributed by atoms with Crippen molar-refractivity contribution in [3.05, 3.63) is 41.5 Å². The zero-order chi connectivity index (χ0) is 17.6. The van der Waals surface area contributed by atoms with Gasteiger partial charge in [0.25, 0.3) is 5.91 Å². The molecule has 2 N–H and O–H groups in total. The molecule has 25 heavy (non-hydrogen) atoms. The molecule has 0 aromatic carbocycles. The lowest BCUT2D eigenvalue weighted by Crippen LogP contribution is -2.51. The number of aromatic nitrogens is 3. The lowest BCUT2D eigenvalue weighted by molar-refractivity contribution is -0.136. The van der Waals surface area contributed by atoms with Crippen LogP contribution in [0.4, 0.5) is 0 Å². The van der Waals surface area contributed by atoms with Crippen LogP contribution in [-0.4, -0.2) is 44.6 Å². The Kier molecular flexibility index (Phi) is 3.86. The summed E-state index contributed by atoms with van der Waals surface area (Å²) >= 11 is 0. The van der Waals surface area contributed by atoms with Gasteiger partial charge < -0.3 is 15.2 Å². The van der Waals surface area contributed by atoms with E-state index in [0.29, 0.717) is 24.5 Å². The predicted octanol–water partition coefficient (Wildman–Crippen LogP) is 1.72. The molecule has 1 aliphatic heterocycles. The van der Waals surface area contributed by atoms with Gasteiger partial charge in [-0.3, -0.25) is 14.3 Å². The maximum absolute atomic E-state index is 12.8. The Bertz CT molecular complexity index is 804. The normalized spacial score (nSPS) is 23.8. The van der Waals surface area contributed by atoms with E-state index in [2.05, 4.69) is 15.4 Å². The van der Waals surface area contributed by atoms with Gasteiger partial charge in [-0.25, -0.2) is 0 Å². The maximum atomic E-state index is 12.8. The van der Waals surface area contributed by atoms with Crippen LogP contribution in [0.15, 0.2) is 24.5 Å². The van der Waals surface area contributed by atoms with Crippen LogP contribution in [0.25, 0.3) is 0 Å². The number of nitrogens with one attached hydrogen (secondary N) is 2. The summed E-state index contributed by atoms with van der Waals surface area (Å²) in [5, 5.41) is 7.38. The standard InChI is InChI=1S/C18H23N5O2/c1-22-15(24)6-5-13(17(22)14-8-10-20-23(14)2)21-18(25)16-12(7-9-19-16)11-3-4-11/h7-11,13,17,19H,3-6H2,1-2H3,(H,21,25)/t13-,17-/m1/s1. The Morgan fingerprint density at radius 1 is 1.28 bits per heavy atom. The summed E-state index contributed by atoms with van der Waals surface area (Å²) in [5.74, 6) is 0.512. The molecule has 0 bridgehead atoms. The molecule has 0 spiro atoms. The van der Waals surface area contributed by atoms with Crippen LogP contribution in [0.1, 0.15) is 59.4 Å². The van der Waals surface area contributed by atoms with Crippen molar-refractivity contribution in [3.63, 3.8) is 0 Å². The molecule has 2 aromatic rings. The molecular formula is C18H23N5O2. The van der Waals surface area contributed by atoms with Crippen molar-refractivity contribution < 1.29 is 9.59 Å². The third-order valence-corrected chi connectivity index (χ3v) is 5.36. The van der Waals surface area contributed by atoms with Crippen LogP contribution in [0.3, 0.4) is 0 Å². The highest BCUT2D eigenvalue weighted by Gasteiger charge is 2.38. The van der Waals surface area contributed by atoms with Crippen molar-refractivity contribution in [1.29, 1.82) is 0 Å². The number of likely N-dealkylation sites (tertiary alicyclic amines) is 1. The number of carbonyl (C=O) groups is 2. The van der Waals surface area contributed by atoms with E-state index in [1.807, 2.05) is 25.4 Å². The van der Waals surface area contributed by atoms with E-state index in [1.165, 1.54) is 0 Å². The summed E-state index contributed by atoms with van der Waals surface area (Å²) in [7, 11) is 3.65. The number of nitrogens with zero attached hydrogens (tertiary/aromatic N) is 3. The Morgan fingerprint density at radius 3 is 2.76 bits per heavy atom. The first-order valence-corrected chi connectivity index (χ1v) is 8.78. The van der Waals surface area contributed by atoms with E-state index in [9.17, 15) is 9.59 Å². The highest BCUT2D eigenvalue weighted by Crippen LogP contribution is 2.41. The second-order valence-corrected chi connectivity index (χ2v) is 7.03. The zero-order valence-corrected chi connectivity index (χ0v) is 14.5. The maximum Gasteiger partial charge on any atom is 0.268 e. The predicted molar refractivity (Wildman–Crippen MR) is 92.0 cm³/mol. The molecule has 2 aliphatic rings. The number of aromatic amines is 1. The molecule has 2 amide bonds. The van der Waals surface area contributed by atoms with Gasteiger partial charge in [-0.2, -0.15) is 5.10 Å². The Balaban J connectivity index is 1.59. The molecule has 2 aromatic heterocycles. The van der Waals surface area contributed by atoms with Gasteiger partial charge in [-0.05, 0) is 42.9 Å². The molecule has 1 saturated carbocycles. The first-order chi connectivity index (χ1) is 12.1. The summed E-state index contributed by atoms with van der Waals surface area (Å²) in [6.45, 7) is 0. The molecule has 4 rings (SSSR count). The molecule has 7 heteroatoms. The fourth-order valence-corrected chi connectivity index (χ4v) is 3.82. The smallest absolute Gasteiger partial charge is 0.268 e. The molecule has 3 heterocycles. The molecule has 1 aliphatic carbocycles. The molecule has 0 radical (unpaired) electrons. The number of likely N-dealkylation sites (N-methyl/N-ethyl adjacent to an activating group) is 1. The lowest BCUT2D eigenvalue weighted by atomic mass is 9.93. The van der Waals surface area contributed by atoms with Gasteiger partial charge in [0, 0.05) is 32.9 Å². The fraction of sp³-hybridized carbons (Fsp3) is 0.500. The number of aryl methyl sites for hydroxylation is 1. The zero-order valence-electron chi connectivity index (χ0n) is 14.5. The summed E-state index contributed by atoms with van der Waals surface area (Å²) in [6.07, 6.45) is 6.92. The van der Waals surface area contributed by atoms with Crippen LogP contribution in [0.5, 0.6) is 0 Å². The topological polar surface area (TPSA) is 83.0 Å². The van der Waals surface area contributed by atoms with Gasteiger partial charge in [0.15, 0.2) is 0 Å². The number of carbonyl (C=O) groups excluding carboxylic acids is 2. The van der Waals surface area contributed by atoms with Crippen LogP contribution in [-0.2, 0) is 11.8 Å². The van der Waals surface area contributed by atoms with Gasteiger partial charge >= 0.3 is 0 Å². The Hall–Kier alpha value is -2.57. The van der Waals surface area contributed by atoms with Gasteiger partial charge in [0.2, 0.25) is 5.91 Å². The van der Waals surface area contributed by atoms with Crippen LogP contribution < -0.4 is 5.32 Å². The van der Waals surface area contributed by atoms with E-state index in [0.717, 1.165) is 24.1 Å². The Labute approximate surface area is 146 Å². The van der Waals surface area contributed by atoms with Crippen LogP contribution in [0.2, 0.25) is 0 Å². The number of piperidine rings is 1. The van der Waals surface area contributed by atoms with Crippen molar-refractivity contribution in [1.82, 2.24) is 25.0 Å². The lowest BCUT2D eigenvalue weighted by Gasteiger charge is -2.39. The molecule has 2 fully saturated rings. The third kappa shape index (κ3) is 2.83. The largest absolute Gasteiger partial charge is 0.357 e. The third-order valence-electron chi connectivity index (χ3n) is 5.36. The minimum absolute atomic E-state index is 0.0909. The monoisotopic (exact) mass is 341 g/mol. The van der Waals surface area contributed by atoms with Crippen LogP contribution in [0, 0.1) is 0 Å². The first kappa shape index (κ1) is 15.9. The van der Waals surface area contributed by atoms with Crippen molar-refractivity contribution in [2.75, 3.05) is 7.05 Å². The van der Waals surface area contributed by atoms with Gasteiger partial charge in [0.1, 0.15) is 5.69 Å². The van der Waals surface area contributed by atoms with Gasteiger partial charge in [-0.1, -0.05) is 0 Å². The van der Waals surface area contributed by atoms with Crippen molar-refractivity contribution in [2.24, 2.45) is 7.05 Å². The number of hydrogen-bond acceptors (Lipinski definition) is 3. The summed E-state index contributed by atoms with van der Waals surface area (Å²) in [6, 6.07) is 3.56. The average Bonchev–Trinajstić information content (AvgIpc) is 3.16. The second kappa shape index (κ2) is 6.06. The van der Waals surface area contributed by atoms with Crippen LogP contribution >= 0.6 is 0 Å². The van der Waals surface area contributed by atoms with Gasteiger partial charge in [0.05, 0.1) is 17.8 Å². The van der Waals surface area contributed by atoms with Crippen molar-refractivity contribution >= 4 is 11.8 Å². The highest BCUT2D eigenvalue weighted by molar-refractivity contribution is 5.94. The number of rotatable bonds is 4. The highest BCUT2D eigenvalue weighted by atomic mass is 16.2. The number of H-pyrrole nitrogens is 1. The van der Waals surface area contributed by atoms with Crippen molar-refractivity contribution in [2.45, 2.75) is 43.7 Å². The minimum atomic E-state index is -0.211. The molecule has 132 valence electrons. The summed E-state index contributed by atoms with van der Waals surface area (Å²) in [4.78, 5) is 29.9. The Morgan fingerprint density at radius 2 is 2.08 bits per heavy atom. The molecule has 1 saturated heterocycles. The van der Waals surface area contributed by atoms with E-state index < -0.39 is 0 Å². The summed E-state index contributed by atoms with van der Waals surface area (Å²) in [5.41, 5.74) is 2.69. The quantitative estimate of drug-likeness (QED) is 0.888. The minimum Gasteiger partial charge on any atom is -0.357 e.